The lowest BCUT2D eigenvalue weighted by atomic mass is 10.2. The maximum Gasteiger partial charge on any atom is 0.241 e. The normalized spacial score (nSPS) is 12.6. The van der Waals surface area contributed by atoms with E-state index in [4.69, 9.17) is 0 Å². The molecule has 8 heteroatoms. The number of carbonyl (C=O) groups is 1. The molecule has 0 bridgehead atoms. The number of nitrogens with zero attached hydrogens (tertiary/aromatic N) is 1. The summed E-state index contributed by atoms with van der Waals surface area (Å²) in [5, 5.41) is 2.62. The first-order valence-corrected chi connectivity index (χ1v) is 8.31. The number of hydrogen-bond donors (Lipinski definition) is 2. The van der Waals surface area contributed by atoms with Gasteiger partial charge in [-0.25, -0.2) is 12.8 Å². The topological polar surface area (TPSA) is 88.2 Å². The zero-order valence-electron chi connectivity index (χ0n) is 12.4. The fourth-order valence-electron chi connectivity index (χ4n) is 1.81. The summed E-state index contributed by atoms with van der Waals surface area (Å²) in [6.45, 7) is 1.68. The van der Waals surface area contributed by atoms with Crippen LogP contribution in [0.15, 0.2) is 53.7 Å². The molecule has 1 aromatic carbocycles. The molecule has 0 saturated heterocycles. The van der Waals surface area contributed by atoms with Gasteiger partial charge in [0.05, 0.1) is 10.9 Å². The number of sulfonamides is 1. The van der Waals surface area contributed by atoms with Crippen LogP contribution >= 0.6 is 0 Å². The minimum Gasteiger partial charge on any atom is -0.351 e. The molecular formula is C15H16FN3O3S. The number of hydrogen-bond acceptors (Lipinski definition) is 4. The SMILES string of the molecule is C[C@@H](NS(=O)(=O)c1ccc(F)cc1)C(=O)NCc1cccnc1. The third-order valence-electron chi connectivity index (χ3n) is 3.04. The molecule has 0 aliphatic carbocycles. The van der Waals surface area contributed by atoms with Gasteiger partial charge in [-0.1, -0.05) is 6.07 Å². The highest BCUT2D eigenvalue weighted by Crippen LogP contribution is 2.10. The van der Waals surface area contributed by atoms with E-state index in [0.717, 1.165) is 29.8 Å². The fraction of sp³-hybridized carbons (Fsp3) is 0.200. The van der Waals surface area contributed by atoms with Crippen LogP contribution in [0.1, 0.15) is 12.5 Å². The van der Waals surface area contributed by atoms with Gasteiger partial charge in [-0.2, -0.15) is 4.72 Å². The van der Waals surface area contributed by atoms with Crippen LogP contribution in [0.3, 0.4) is 0 Å². The first-order chi connectivity index (χ1) is 10.9. The number of aromatic nitrogens is 1. The Labute approximate surface area is 133 Å². The molecule has 2 N–H and O–H groups in total. The van der Waals surface area contributed by atoms with Crippen LogP contribution in [0.4, 0.5) is 4.39 Å². The predicted molar refractivity (Wildman–Crippen MR) is 82.3 cm³/mol. The van der Waals surface area contributed by atoms with Crippen molar-refractivity contribution in [1.29, 1.82) is 0 Å². The molecule has 2 rings (SSSR count). The van der Waals surface area contributed by atoms with Crippen molar-refractivity contribution >= 4 is 15.9 Å². The van der Waals surface area contributed by atoms with Gasteiger partial charge in [0.15, 0.2) is 0 Å². The highest BCUT2D eigenvalue weighted by atomic mass is 32.2. The van der Waals surface area contributed by atoms with Crippen LogP contribution in [0.25, 0.3) is 0 Å². The first kappa shape index (κ1) is 17.0. The number of halogens is 1. The molecule has 1 heterocycles. The molecule has 23 heavy (non-hydrogen) atoms. The van der Waals surface area contributed by atoms with Gasteiger partial charge in [-0.05, 0) is 42.8 Å². The molecule has 0 aliphatic rings. The van der Waals surface area contributed by atoms with Crippen LogP contribution < -0.4 is 10.0 Å². The highest BCUT2D eigenvalue weighted by molar-refractivity contribution is 7.89. The number of benzene rings is 1. The lowest BCUT2D eigenvalue weighted by molar-refractivity contribution is -0.122. The molecule has 0 fully saturated rings. The second-order valence-electron chi connectivity index (χ2n) is 4.88. The molecular weight excluding hydrogens is 321 g/mol. The van der Waals surface area contributed by atoms with Gasteiger partial charge in [0.2, 0.25) is 15.9 Å². The molecule has 122 valence electrons. The second-order valence-corrected chi connectivity index (χ2v) is 6.59. The highest BCUT2D eigenvalue weighted by Gasteiger charge is 2.21. The fourth-order valence-corrected chi connectivity index (χ4v) is 3.02. The average Bonchev–Trinajstić information content (AvgIpc) is 2.53. The van der Waals surface area contributed by atoms with Crippen LogP contribution in [0.2, 0.25) is 0 Å². The van der Waals surface area contributed by atoms with E-state index < -0.39 is 27.8 Å². The van der Waals surface area contributed by atoms with E-state index in [9.17, 15) is 17.6 Å². The van der Waals surface area contributed by atoms with Crippen LogP contribution in [0, 0.1) is 5.82 Å². The monoisotopic (exact) mass is 337 g/mol. The average molecular weight is 337 g/mol. The molecule has 0 saturated carbocycles. The van der Waals surface area contributed by atoms with Gasteiger partial charge in [0.1, 0.15) is 5.82 Å². The number of rotatable bonds is 6. The number of carbonyl (C=O) groups excluding carboxylic acids is 1. The van der Waals surface area contributed by atoms with Crippen molar-refractivity contribution in [3.8, 4) is 0 Å². The third kappa shape index (κ3) is 4.83. The van der Waals surface area contributed by atoms with Crippen molar-refractivity contribution in [2.24, 2.45) is 0 Å². The molecule has 0 radical (unpaired) electrons. The summed E-state index contributed by atoms with van der Waals surface area (Å²) in [6, 6.07) is 6.92. The van der Waals surface area contributed by atoms with Gasteiger partial charge < -0.3 is 5.32 Å². The Morgan fingerprint density at radius 3 is 2.57 bits per heavy atom. The minimum atomic E-state index is -3.89. The lowest BCUT2D eigenvalue weighted by Gasteiger charge is -2.14. The van der Waals surface area contributed by atoms with Crippen molar-refractivity contribution in [2.75, 3.05) is 0 Å². The maximum absolute atomic E-state index is 12.8. The first-order valence-electron chi connectivity index (χ1n) is 6.83. The molecule has 1 atom stereocenters. The van der Waals surface area contributed by atoms with Crippen LogP contribution in [0.5, 0.6) is 0 Å². The largest absolute Gasteiger partial charge is 0.351 e. The van der Waals surface area contributed by atoms with Gasteiger partial charge in [0, 0.05) is 18.9 Å². The number of nitrogens with one attached hydrogen (secondary N) is 2. The maximum atomic E-state index is 12.8. The standard InChI is InChI=1S/C15H16FN3O3S/c1-11(15(20)18-10-12-3-2-8-17-9-12)19-23(21,22)14-6-4-13(16)5-7-14/h2-9,11,19H,10H2,1H3,(H,18,20)/t11-/m1/s1. The number of pyridine rings is 1. The van der Waals surface area contributed by atoms with E-state index in [-0.39, 0.29) is 11.4 Å². The van der Waals surface area contributed by atoms with Crippen molar-refractivity contribution in [1.82, 2.24) is 15.0 Å². The van der Waals surface area contributed by atoms with E-state index in [1.54, 1.807) is 24.5 Å². The molecule has 6 nitrogen and oxygen atoms in total. The number of amides is 1. The third-order valence-corrected chi connectivity index (χ3v) is 4.60. The van der Waals surface area contributed by atoms with E-state index in [1.165, 1.54) is 6.92 Å². The summed E-state index contributed by atoms with van der Waals surface area (Å²) in [5.74, 6) is -1.01. The molecule has 1 aromatic heterocycles. The second kappa shape index (κ2) is 7.30. The minimum absolute atomic E-state index is 0.106. The summed E-state index contributed by atoms with van der Waals surface area (Å²) in [7, 11) is -3.89. The van der Waals surface area contributed by atoms with Gasteiger partial charge in [-0.3, -0.25) is 9.78 Å². The van der Waals surface area contributed by atoms with Crippen molar-refractivity contribution in [3.63, 3.8) is 0 Å². The Bertz CT molecular complexity index is 764. The van der Waals surface area contributed by atoms with Crippen molar-refractivity contribution < 1.29 is 17.6 Å². The van der Waals surface area contributed by atoms with Gasteiger partial charge in [0.25, 0.3) is 0 Å². The lowest BCUT2D eigenvalue weighted by Crippen LogP contribution is -2.44. The van der Waals surface area contributed by atoms with Crippen LogP contribution in [-0.4, -0.2) is 25.4 Å². The quantitative estimate of drug-likeness (QED) is 0.829. The van der Waals surface area contributed by atoms with E-state index in [1.807, 2.05) is 0 Å². The van der Waals surface area contributed by atoms with E-state index >= 15 is 0 Å². The molecule has 0 spiro atoms. The smallest absolute Gasteiger partial charge is 0.241 e. The summed E-state index contributed by atoms with van der Waals surface area (Å²) >= 11 is 0. The Hall–Kier alpha value is -2.32. The van der Waals surface area contributed by atoms with Crippen molar-refractivity contribution in [2.45, 2.75) is 24.4 Å². The van der Waals surface area contributed by atoms with Gasteiger partial charge in [-0.15, -0.1) is 0 Å². The Morgan fingerprint density at radius 2 is 1.96 bits per heavy atom. The zero-order chi connectivity index (χ0) is 16.9. The molecule has 0 unspecified atom stereocenters. The van der Waals surface area contributed by atoms with E-state index in [2.05, 4.69) is 15.0 Å². The molecule has 0 aliphatic heterocycles. The Balaban J connectivity index is 1.96. The van der Waals surface area contributed by atoms with Gasteiger partial charge >= 0.3 is 0 Å². The summed E-state index contributed by atoms with van der Waals surface area (Å²) in [5.41, 5.74) is 0.800. The summed E-state index contributed by atoms with van der Waals surface area (Å²) < 4.78 is 39.3. The van der Waals surface area contributed by atoms with Crippen LogP contribution in [-0.2, 0) is 21.4 Å². The summed E-state index contributed by atoms with van der Waals surface area (Å²) in [6.07, 6.45) is 3.22. The predicted octanol–water partition coefficient (Wildman–Crippen LogP) is 1.20. The Kier molecular flexibility index (Phi) is 5.41. The van der Waals surface area contributed by atoms with Crippen molar-refractivity contribution in [3.05, 3.63) is 60.2 Å². The molecule has 1 amide bonds. The Morgan fingerprint density at radius 1 is 1.26 bits per heavy atom. The van der Waals surface area contributed by atoms with E-state index in [0.29, 0.717) is 0 Å². The zero-order valence-corrected chi connectivity index (χ0v) is 13.2. The summed E-state index contributed by atoms with van der Waals surface area (Å²) in [4.78, 5) is 15.8. The molecule has 2 aromatic rings.